The second kappa shape index (κ2) is 8.15. The van der Waals surface area contributed by atoms with Crippen LogP contribution in [0.25, 0.3) is 17.0 Å². The predicted molar refractivity (Wildman–Crippen MR) is 119 cm³/mol. The average molecular weight is 395 g/mol. The van der Waals surface area contributed by atoms with Crippen LogP contribution >= 0.6 is 0 Å². The summed E-state index contributed by atoms with van der Waals surface area (Å²) in [4.78, 5) is 6.88. The Kier molecular flexibility index (Phi) is 5.99. The molecule has 0 amide bonds. The molecule has 0 aliphatic heterocycles. The van der Waals surface area contributed by atoms with Crippen LogP contribution in [0.15, 0.2) is 34.5 Å². The van der Waals surface area contributed by atoms with Gasteiger partial charge in [-0.1, -0.05) is 25.6 Å². The van der Waals surface area contributed by atoms with E-state index in [0.29, 0.717) is 23.7 Å². The molecule has 0 atom stereocenters. The second-order valence-electron chi connectivity index (χ2n) is 9.19. The summed E-state index contributed by atoms with van der Waals surface area (Å²) in [5.74, 6) is 1.12. The molecule has 2 aromatic rings. The first-order chi connectivity index (χ1) is 13.6. The number of rotatable bonds is 6. The average Bonchev–Trinajstić information content (AvgIpc) is 3.13. The molecule has 0 saturated carbocycles. The molecular formula is C24H34N4O. The molecule has 1 aliphatic rings. The number of hydrogen-bond donors (Lipinski definition) is 1. The molecule has 0 unspecified atom stereocenters. The zero-order chi connectivity index (χ0) is 21.3. The van der Waals surface area contributed by atoms with Crippen molar-refractivity contribution < 1.29 is 4.52 Å². The van der Waals surface area contributed by atoms with Crippen molar-refractivity contribution in [2.24, 2.45) is 11.1 Å². The van der Waals surface area contributed by atoms with Gasteiger partial charge in [-0.25, -0.2) is 0 Å². The van der Waals surface area contributed by atoms with E-state index in [2.05, 4.69) is 75.5 Å². The molecule has 0 fully saturated rings. The monoisotopic (exact) mass is 394 g/mol. The third-order valence-corrected chi connectivity index (χ3v) is 5.98. The molecule has 0 radical (unpaired) electrons. The Balaban J connectivity index is 1.93. The Hall–Kier alpha value is -2.40. The molecule has 2 N–H and O–H groups in total. The lowest BCUT2D eigenvalue weighted by atomic mass is 9.75. The van der Waals surface area contributed by atoms with E-state index in [0.717, 1.165) is 36.8 Å². The molecule has 1 heterocycles. The van der Waals surface area contributed by atoms with Gasteiger partial charge in [0.1, 0.15) is 0 Å². The summed E-state index contributed by atoms with van der Waals surface area (Å²) in [5.41, 5.74) is 14.1. The van der Waals surface area contributed by atoms with Crippen molar-refractivity contribution in [3.8, 4) is 11.4 Å². The van der Waals surface area contributed by atoms with Gasteiger partial charge in [-0.2, -0.15) is 4.98 Å². The van der Waals surface area contributed by atoms with Crippen molar-refractivity contribution in [3.05, 3.63) is 52.6 Å². The fourth-order valence-electron chi connectivity index (χ4n) is 4.26. The summed E-state index contributed by atoms with van der Waals surface area (Å²) in [6, 6.07) is 4.23. The van der Waals surface area contributed by atoms with Gasteiger partial charge in [0.25, 0.3) is 5.89 Å². The van der Waals surface area contributed by atoms with Gasteiger partial charge < -0.3 is 15.2 Å². The van der Waals surface area contributed by atoms with Gasteiger partial charge in [-0.15, -0.1) is 0 Å². The summed E-state index contributed by atoms with van der Waals surface area (Å²) < 4.78 is 5.64. The Morgan fingerprint density at radius 2 is 1.90 bits per heavy atom. The molecule has 1 aromatic carbocycles. The Morgan fingerprint density at radius 1 is 1.24 bits per heavy atom. The van der Waals surface area contributed by atoms with Gasteiger partial charge in [-0.3, -0.25) is 0 Å². The van der Waals surface area contributed by atoms with Crippen molar-refractivity contribution in [1.29, 1.82) is 0 Å². The summed E-state index contributed by atoms with van der Waals surface area (Å²) in [6.45, 7) is 13.8. The van der Waals surface area contributed by atoms with Crippen LogP contribution in [-0.2, 0) is 6.42 Å². The van der Waals surface area contributed by atoms with Crippen molar-refractivity contribution in [1.82, 2.24) is 15.0 Å². The third-order valence-electron chi connectivity index (χ3n) is 5.98. The topological polar surface area (TPSA) is 68.2 Å². The zero-order valence-electron chi connectivity index (χ0n) is 18.7. The number of hydrogen-bond acceptors (Lipinski definition) is 5. The van der Waals surface area contributed by atoms with E-state index in [9.17, 15) is 0 Å². The van der Waals surface area contributed by atoms with Gasteiger partial charge >= 0.3 is 0 Å². The van der Waals surface area contributed by atoms with Crippen LogP contribution in [0.1, 0.15) is 55.7 Å². The molecule has 1 aromatic heterocycles. The fraction of sp³-hybridized carbons (Fsp3) is 0.500. The highest BCUT2D eigenvalue weighted by Crippen LogP contribution is 2.43. The number of allylic oxidation sites excluding steroid dienone is 3. The summed E-state index contributed by atoms with van der Waals surface area (Å²) in [7, 11) is 4.19. The van der Waals surface area contributed by atoms with Gasteiger partial charge in [-0.05, 0) is 85.9 Å². The van der Waals surface area contributed by atoms with E-state index in [1.165, 1.54) is 28.0 Å². The minimum Gasteiger partial charge on any atom is -0.381 e. The van der Waals surface area contributed by atoms with E-state index in [-0.39, 0.29) is 0 Å². The van der Waals surface area contributed by atoms with Gasteiger partial charge in [0.2, 0.25) is 5.82 Å². The normalized spacial score (nSPS) is 16.2. The van der Waals surface area contributed by atoms with Crippen molar-refractivity contribution >= 4 is 5.57 Å². The summed E-state index contributed by atoms with van der Waals surface area (Å²) >= 11 is 0. The van der Waals surface area contributed by atoms with E-state index in [4.69, 9.17) is 10.3 Å². The highest BCUT2D eigenvalue weighted by atomic mass is 16.5. The van der Waals surface area contributed by atoms with Crippen molar-refractivity contribution in [2.75, 3.05) is 20.6 Å². The SMILES string of the molecule is C=C(C1=C(N(C)C)CC(C)(C)CC1)c1nc(-c2cc(C)c(CCN)c(C)c2)no1. The molecule has 29 heavy (non-hydrogen) atoms. The number of benzene rings is 1. The molecule has 3 rings (SSSR count). The smallest absolute Gasteiger partial charge is 0.257 e. The third kappa shape index (κ3) is 4.45. The highest BCUT2D eigenvalue weighted by Gasteiger charge is 2.30. The van der Waals surface area contributed by atoms with Crippen molar-refractivity contribution in [2.45, 2.75) is 53.4 Å². The molecular weight excluding hydrogens is 360 g/mol. The van der Waals surface area contributed by atoms with Crippen molar-refractivity contribution in [3.63, 3.8) is 0 Å². The maximum absolute atomic E-state index is 5.75. The molecule has 1 aliphatic carbocycles. The molecule has 5 nitrogen and oxygen atoms in total. The van der Waals surface area contributed by atoms with E-state index in [1.807, 2.05) is 0 Å². The minimum absolute atomic E-state index is 0.295. The lowest BCUT2D eigenvalue weighted by Crippen LogP contribution is -2.26. The van der Waals surface area contributed by atoms with Gasteiger partial charge in [0, 0.05) is 30.9 Å². The number of nitrogens with zero attached hydrogens (tertiary/aromatic N) is 3. The quantitative estimate of drug-likeness (QED) is 0.755. The van der Waals surface area contributed by atoms with E-state index < -0.39 is 0 Å². The van der Waals surface area contributed by atoms with Crippen LogP contribution in [0.5, 0.6) is 0 Å². The Bertz CT molecular complexity index is 927. The number of nitrogens with two attached hydrogens (primary N) is 1. The van der Waals surface area contributed by atoms with Crippen LogP contribution in [-0.4, -0.2) is 35.7 Å². The number of aryl methyl sites for hydroxylation is 2. The number of aromatic nitrogens is 2. The minimum atomic E-state index is 0.295. The lowest BCUT2D eigenvalue weighted by Gasteiger charge is -2.36. The maximum atomic E-state index is 5.75. The Morgan fingerprint density at radius 3 is 2.48 bits per heavy atom. The largest absolute Gasteiger partial charge is 0.381 e. The standard InChI is InChI=1S/C24H34N4O/c1-15-12-18(13-16(2)19(15)9-11-25)22-26-23(29-27-22)17(3)20-8-10-24(4,5)14-21(20)28(6)7/h12-13H,3,8-11,14,25H2,1-2,4-7H3. The summed E-state index contributed by atoms with van der Waals surface area (Å²) in [6.07, 6.45) is 4.00. The second-order valence-corrected chi connectivity index (χ2v) is 9.19. The highest BCUT2D eigenvalue weighted by molar-refractivity contribution is 5.74. The van der Waals surface area contributed by atoms with Crippen LogP contribution in [0, 0.1) is 19.3 Å². The summed E-state index contributed by atoms with van der Waals surface area (Å²) in [5, 5.41) is 4.25. The van der Waals surface area contributed by atoms with Crippen LogP contribution in [0.3, 0.4) is 0 Å². The predicted octanol–water partition coefficient (Wildman–Crippen LogP) is 4.89. The first kappa shape index (κ1) is 21.3. The molecule has 156 valence electrons. The molecule has 5 heteroatoms. The lowest BCUT2D eigenvalue weighted by molar-refractivity contribution is 0.278. The fourth-order valence-corrected chi connectivity index (χ4v) is 4.26. The molecule has 0 spiro atoms. The van der Waals surface area contributed by atoms with Gasteiger partial charge in [0.05, 0.1) is 0 Å². The van der Waals surface area contributed by atoms with Crippen LogP contribution < -0.4 is 5.73 Å². The Labute approximate surface area is 174 Å². The van der Waals surface area contributed by atoms with E-state index >= 15 is 0 Å². The van der Waals surface area contributed by atoms with Crippen LogP contribution in [0.4, 0.5) is 0 Å². The van der Waals surface area contributed by atoms with E-state index in [1.54, 1.807) is 0 Å². The first-order valence-electron chi connectivity index (χ1n) is 10.4. The molecule has 0 saturated heterocycles. The maximum Gasteiger partial charge on any atom is 0.257 e. The van der Waals surface area contributed by atoms with Crippen LogP contribution in [0.2, 0.25) is 0 Å². The molecule has 0 bridgehead atoms. The van der Waals surface area contributed by atoms with Gasteiger partial charge in [0.15, 0.2) is 0 Å². The first-order valence-corrected chi connectivity index (χ1v) is 10.4. The zero-order valence-corrected chi connectivity index (χ0v) is 18.7.